The molecule has 0 fully saturated rings. The Bertz CT molecular complexity index is 978. The Labute approximate surface area is 150 Å². The molecule has 0 N–H and O–H groups in total. The van der Waals surface area contributed by atoms with Crippen molar-refractivity contribution < 1.29 is 0 Å². The molecule has 0 aliphatic rings. The number of nitrogens with zero attached hydrogens (tertiary/aromatic N) is 2. The number of hydrogen-bond acceptors (Lipinski definition) is 3. The molecule has 3 rings (SSSR count). The Balaban J connectivity index is 2.44. The fourth-order valence-corrected chi connectivity index (χ4v) is 3.42. The van der Waals surface area contributed by atoms with Crippen LogP contribution in [0.3, 0.4) is 0 Å². The summed E-state index contributed by atoms with van der Waals surface area (Å²) in [7, 11) is 0. The molecule has 1 heterocycles. The lowest BCUT2D eigenvalue weighted by Gasteiger charge is -2.15. The van der Waals surface area contributed by atoms with Crippen LogP contribution < -0.4 is 11.2 Å². The van der Waals surface area contributed by atoms with Crippen LogP contribution in [0.2, 0.25) is 0 Å². The van der Waals surface area contributed by atoms with Crippen molar-refractivity contribution in [3.63, 3.8) is 0 Å². The molecule has 8 heteroatoms. The highest BCUT2D eigenvalue weighted by atomic mass is 35.6. The van der Waals surface area contributed by atoms with Gasteiger partial charge in [-0.1, -0.05) is 65.1 Å². The number of aromatic nitrogens is 2. The summed E-state index contributed by atoms with van der Waals surface area (Å²) in [6.45, 7) is 0. The van der Waals surface area contributed by atoms with Gasteiger partial charge in [0.05, 0.1) is 16.6 Å². The largest absolute Gasteiger partial charge is 0.346 e. The number of alkyl halides is 3. The Hall–Kier alpha value is -1.40. The average molecular weight is 388 g/mol. The van der Waals surface area contributed by atoms with Gasteiger partial charge in [-0.3, -0.25) is 9.36 Å². The van der Waals surface area contributed by atoms with Crippen LogP contribution in [0.4, 0.5) is 0 Å². The highest BCUT2D eigenvalue weighted by molar-refractivity contribution is 8.03. The Morgan fingerprint density at radius 2 is 1.48 bits per heavy atom. The van der Waals surface area contributed by atoms with E-state index in [1.807, 2.05) is 6.07 Å². The fourth-order valence-electron chi connectivity index (χ4n) is 2.25. The molecule has 0 unspecified atom stereocenters. The first-order valence-electron chi connectivity index (χ1n) is 6.47. The van der Waals surface area contributed by atoms with Crippen molar-refractivity contribution in [1.29, 1.82) is 0 Å². The van der Waals surface area contributed by atoms with Crippen molar-refractivity contribution in [2.75, 3.05) is 0 Å². The second-order valence-electron chi connectivity index (χ2n) is 4.61. The molecule has 0 saturated carbocycles. The summed E-state index contributed by atoms with van der Waals surface area (Å²) in [5.74, 6) is 0. The molecule has 0 radical (unpaired) electrons. The first kappa shape index (κ1) is 16.5. The topological polar surface area (TPSA) is 44.0 Å². The number of hydrogen-bond donors (Lipinski definition) is 0. The van der Waals surface area contributed by atoms with Gasteiger partial charge >= 0.3 is 5.69 Å². The summed E-state index contributed by atoms with van der Waals surface area (Å²) in [4.78, 5) is 25.4. The maximum Gasteiger partial charge on any atom is 0.346 e. The van der Waals surface area contributed by atoms with Crippen LogP contribution in [-0.2, 0) is 0 Å². The monoisotopic (exact) mass is 386 g/mol. The lowest BCUT2D eigenvalue weighted by molar-refractivity contribution is 0.906. The fraction of sp³-hybridized carbons (Fsp3) is 0.0667. The predicted octanol–water partition coefficient (Wildman–Crippen LogP) is 3.98. The summed E-state index contributed by atoms with van der Waals surface area (Å²) in [5.41, 5.74) is 0.00701. The molecule has 0 spiro atoms. The zero-order chi connectivity index (χ0) is 16.6. The van der Waals surface area contributed by atoms with Gasteiger partial charge in [-0.25, -0.2) is 4.79 Å². The minimum Gasteiger partial charge on any atom is -0.267 e. The molecular formula is C15H9Cl3N2O2S. The molecular weight excluding hydrogens is 379 g/mol. The maximum absolute atomic E-state index is 12.8. The third-order valence-electron chi connectivity index (χ3n) is 3.13. The molecule has 23 heavy (non-hydrogen) atoms. The highest BCUT2D eigenvalue weighted by Gasteiger charge is 2.26. The van der Waals surface area contributed by atoms with E-state index in [0.717, 1.165) is 3.97 Å². The summed E-state index contributed by atoms with van der Waals surface area (Å²) in [5, 5.41) is 0.359. The molecule has 0 bridgehead atoms. The van der Waals surface area contributed by atoms with Gasteiger partial charge in [0.25, 0.3) is 8.68 Å². The van der Waals surface area contributed by atoms with Crippen molar-refractivity contribution in [3.05, 3.63) is 75.4 Å². The van der Waals surface area contributed by atoms with E-state index in [4.69, 9.17) is 34.8 Å². The molecule has 2 aromatic carbocycles. The quantitative estimate of drug-likeness (QED) is 0.625. The van der Waals surface area contributed by atoms with E-state index in [9.17, 15) is 9.59 Å². The third kappa shape index (κ3) is 3.28. The van der Waals surface area contributed by atoms with Gasteiger partial charge < -0.3 is 0 Å². The summed E-state index contributed by atoms with van der Waals surface area (Å²) < 4.78 is 0.447. The summed E-state index contributed by atoms with van der Waals surface area (Å²) >= 11 is 17.8. The minimum atomic E-state index is -1.83. The molecule has 0 aliphatic carbocycles. The molecule has 0 aliphatic heterocycles. The third-order valence-corrected chi connectivity index (χ3v) is 4.47. The van der Waals surface area contributed by atoms with Gasteiger partial charge in [0.1, 0.15) is 0 Å². The van der Waals surface area contributed by atoms with Crippen molar-refractivity contribution >= 4 is 57.7 Å². The number of benzene rings is 2. The van der Waals surface area contributed by atoms with Crippen molar-refractivity contribution in [2.45, 2.75) is 3.12 Å². The molecule has 0 amide bonds. The summed E-state index contributed by atoms with van der Waals surface area (Å²) in [6.07, 6.45) is 0. The van der Waals surface area contributed by atoms with Gasteiger partial charge in [0.15, 0.2) is 0 Å². The van der Waals surface area contributed by atoms with E-state index < -0.39 is 14.4 Å². The molecule has 1 aromatic heterocycles. The van der Waals surface area contributed by atoms with Crippen LogP contribution in [0.1, 0.15) is 0 Å². The van der Waals surface area contributed by atoms with Gasteiger partial charge in [-0.2, -0.15) is 3.97 Å². The molecule has 0 saturated heterocycles. The van der Waals surface area contributed by atoms with Crippen LogP contribution in [0.25, 0.3) is 16.6 Å². The van der Waals surface area contributed by atoms with Crippen LogP contribution in [-0.4, -0.2) is 11.7 Å². The second-order valence-corrected chi connectivity index (χ2v) is 8.72. The van der Waals surface area contributed by atoms with E-state index in [2.05, 4.69) is 0 Å². The maximum atomic E-state index is 12.8. The van der Waals surface area contributed by atoms with Gasteiger partial charge in [-0.05, 0) is 24.3 Å². The minimum absolute atomic E-state index is 0.359. The number of halogens is 3. The zero-order valence-corrected chi connectivity index (χ0v) is 14.5. The normalized spacial score (nSPS) is 11.8. The van der Waals surface area contributed by atoms with Crippen LogP contribution in [0.5, 0.6) is 0 Å². The smallest absolute Gasteiger partial charge is 0.267 e. The average Bonchev–Trinajstić information content (AvgIpc) is 2.52. The van der Waals surface area contributed by atoms with E-state index in [-0.39, 0.29) is 0 Å². The second kappa shape index (κ2) is 6.24. The number of para-hydroxylation sites is 2. The van der Waals surface area contributed by atoms with Crippen LogP contribution >= 0.6 is 46.8 Å². The number of rotatable bonds is 2. The first-order valence-corrected chi connectivity index (χ1v) is 8.38. The lowest BCUT2D eigenvalue weighted by Crippen LogP contribution is -2.37. The Morgan fingerprint density at radius 1 is 0.870 bits per heavy atom. The Morgan fingerprint density at radius 3 is 2.13 bits per heavy atom. The van der Waals surface area contributed by atoms with Crippen LogP contribution in [0, 0.1) is 0 Å². The molecule has 118 valence electrons. The SMILES string of the molecule is O=c1c2ccccc2n(-c2ccccc2)c(=O)n1SC(Cl)(Cl)Cl. The van der Waals surface area contributed by atoms with E-state index in [1.165, 1.54) is 4.57 Å². The predicted molar refractivity (Wildman–Crippen MR) is 97.1 cm³/mol. The molecule has 0 atom stereocenters. The van der Waals surface area contributed by atoms with Crippen LogP contribution in [0.15, 0.2) is 64.2 Å². The van der Waals surface area contributed by atoms with E-state index >= 15 is 0 Å². The van der Waals surface area contributed by atoms with Gasteiger partial charge in [-0.15, -0.1) is 0 Å². The highest BCUT2D eigenvalue weighted by Crippen LogP contribution is 2.38. The zero-order valence-electron chi connectivity index (χ0n) is 11.4. The standard InChI is InChI=1S/C15H9Cl3N2O2S/c16-15(17,18)23-20-13(21)11-8-4-5-9-12(11)19(14(20)22)10-6-2-1-3-7-10/h1-9H. The first-order chi connectivity index (χ1) is 10.9. The van der Waals surface area contributed by atoms with Gasteiger partial charge in [0.2, 0.25) is 0 Å². The van der Waals surface area contributed by atoms with E-state index in [0.29, 0.717) is 28.5 Å². The lowest BCUT2D eigenvalue weighted by atomic mass is 10.2. The Kier molecular flexibility index (Phi) is 4.47. The summed E-state index contributed by atoms with van der Waals surface area (Å²) in [6, 6.07) is 15.8. The van der Waals surface area contributed by atoms with Crippen molar-refractivity contribution in [2.24, 2.45) is 0 Å². The van der Waals surface area contributed by atoms with Gasteiger partial charge in [0, 0.05) is 11.9 Å². The van der Waals surface area contributed by atoms with E-state index in [1.54, 1.807) is 48.5 Å². The van der Waals surface area contributed by atoms with Crippen molar-refractivity contribution in [3.8, 4) is 5.69 Å². The number of fused-ring (bicyclic) bond motifs is 1. The van der Waals surface area contributed by atoms with Crippen molar-refractivity contribution in [1.82, 2.24) is 8.54 Å². The molecule has 3 aromatic rings. The molecule has 4 nitrogen and oxygen atoms in total.